The van der Waals surface area contributed by atoms with Crippen LogP contribution in [0.25, 0.3) is 16.9 Å². The molecule has 3 aromatic rings. The Labute approximate surface area is 191 Å². The van der Waals surface area contributed by atoms with E-state index in [0.717, 1.165) is 25.7 Å². The van der Waals surface area contributed by atoms with Crippen LogP contribution in [-0.2, 0) is 4.74 Å². The number of rotatable bonds is 5. The van der Waals surface area contributed by atoms with Crippen molar-refractivity contribution in [3.8, 4) is 5.82 Å². The second-order valence-electron chi connectivity index (χ2n) is 8.88. The second kappa shape index (κ2) is 9.18. The molecule has 3 N–H and O–H groups in total. The number of anilines is 2. The van der Waals surface area contributed by atoms with Gasteiger partial charge < -0.3 is 20.7 Å². The molecule has 176 valence electrons. The van der Waals surface area contributed by atoms with Gasteiger partial charge in [0, 0.05) is 24.7 Å². The molecule has 1 aliphatic carbocycles. The number of para-hydroxylation sites is 2. The van der Waals surface area contributed by atoms with Gasteiger partial charge in [-0.2, -0.15) is 9.97 Å². The molecule has 0 spiro atoms. The average molecular weight is 458 g/mol. The smallest absolute Gasteiger partial charge is 0.296 e. The van der Waals surface area contributed by atoms with Crippen molar-refractivity contribution in [2.45, 2.75) is 57.2 Å². The van der Waals surface area contributed by atoms with Crippen LogP contribution in [0.3, 0.4) is 0 Å². The van der Waals surface area contributed by atoms with Crippen LogP contribution in [0.4, 0.5) is 20.5 Å². The number of alkyl halides is 2. The first-order valence-corrected chi connectivity index (χ1v) is 11.5. The number of hydrogen-bond acceptors (Lipinski definition) is 7. The van der Waals surface area contributed by atoms with Crippen LogP contribution in [-0.4, -0.2) is 57.4 Å². The molecule has 0 radical (unpaired) electrons. The summed E-state index contributed by atoms with van der Waals surface area (Å²) >= 11 is 0. The highest BCUT2D eigenvalue weighted by Gasteiger charge is 2.26. The van der Waals surface area contributed by atoms with E-state index in [2.05, 4.69) is 27.1 Å². The Kier molecular flexibility index (Phi) is 6.11. The minimum absolute atomic E-state index is 0.108. The maximum atomic E-state index is 14.0. The molecule has 1 saturated carbocycles. The molecule has 2 fully saturated rings. The third-order valence-corrected chi connectivity index (χ3v) is 6.48. The summed E-state index contributed by atoms with van der Waals surface area (Å²) < 4.78 is 35.0. The zero-order chi connectivity index (χ0) is 22.9. The Morgan fingerprint density at radius 1 is 1.09 bits per heavy atom. The molecule has 1 saturated heterocycles. The molecular formula is C23H29F2N7O. The van der Waals surface area contributed by atoms with Gasteiger partial charge in [-0.05, 0) is 44.7 Å². The molecule has 1 atom stereocenters. The number of morpholine rings is 1. The molecule has 10 heteroatoms. The van der Waals surface area contributed by atoms with E-state index in [1.54, 1.807) is 24.3 Å². The highest BCUT2D eigenvalue weighted by molar-refractivity contribution is 5.78. The van der Waals surface area contributed by atoms with Gasteiger partial charge in [-0.15, -0.1) is 0 Å². The maximum Gasteiger partial charge on any atom is 0.296 e. The Bertz CT molecular complexity index is 1110. The molecule has 2 aromatic heterocycles. The van der Waals surface area contributed by atoms with Crippen LogP contribution in [0.2, 0.25) is 0 Å². The minimum Gasteiger partial charge on any atom is -0.377 e. The van der Waals surface area contributed by atoms with Crippen molar-refractivity contribution >= 4 is 22.8 Å². The largest absolute Gasteiger partial charge is 0.377 e. The fraction of sp³-hybridized carbons (Fsp3) is 0.522. The van der Waals surface area contributed by atoms with Gasteiger partial charge in [0.2, 0.25) is 5.95 Å². The average Bonchev–Trinajstić information content (AvgIpc) is 3.21. The van der Waals surface area contributed by atoms with Crippen molar-refractivity contribution in [1.29, 1.82) is 0 Å². The first kappa shape index (κ1) is 22.0. The molecule has 1 aliphatic heterocycles. The number of aromatic nitrogens is 4. The predicted octanol–water partition coefficient (Wildman–Crippen LogP) is 3.66. The van der Waals surface area contributed by atoms with Gasteiger partial charge in [0.1, 0.15) is 11.6 Å². The number of nitrogens with one attached hydrogen (secondary N) is 1. The van der Waals surface area contributed by atoms with Crippen molar-refractivity contribution in [1.82, 2.24) is 19.5 Å². The van der Waals surface area contributed by atoms with Crippen LogP contribution < -0.4 is 16.0 Å². The summed E-state index contributed by atoms with van der Waals surface area (Å²) in [6.45, 7) is 3.90. The summed E-state index contributed by atoms with van der Waals surface area (Å²) in [6, 6.07) is 9.41. The van der Waals surface area contributed by atoms with Crippen LogP contribution in [0.1, 0.15) is 44.9 Å². The van der Waals surface area contributed by atoms with Gasteiger partial charge >= 0.3 is 0 Å². The zero-order valence-electron chi connectivity index (χ0n) is 18.6. The number of imidazole rings is 1. The molecule has 5 rings (SSSR count). The Balaban J connectivity index is 1.60. The number of halogens is 2. The van der Waals surface area contributed by atoms with Crippen LogP contribution in [0, 0.1) is 0 Å². The Morgan fingerprint density at radius 2 is 1.85 bits per heavy atom. The van der Waals surface area contributed by atoms with Crippen molar-refractivity contribution in [2.75, 3.05) is 30.0 Å². The molecule has 3 heterocycles. The predicted molar refractivity (Wildman–Crippen MR) is 123 cm³/mol. The van der Waals surface area contributed by atoms with Gasteiger partial charge in [-0.3, -0.25) is 4.57 Å². The lowest BCUT2D eigenvalue weighted by Crippen LogP contribution is -2.44. The van der Waals surface area contributed by atoms with Gasteiger partial charge in [0.15, 0.2) is 5.82 Å². The number of nitrogens with two attached hydrogens (primary N) is 1. The van der Waals surface area contributed by atoms with E-state index in [9.17, 15) is 8.78 Å². The monoisotopic (exact) mass is 457 g/mol. The van der Waals surface area contributed by atoms with Crippen molar-refractivity contribution < 1.29 is 13.5 Å². The Morgan fingerprint density at radius 3 is 2.61 bits per heavy atom. The lowest BCUT2D eigenvalue weighted by Gasteiger charge is -2.35. The Hall–Kier alpha value is -2.85. The number of ether oxygens (including phenoxy) is 1. The van der Waals surface area contributed by atoms with E-state index in [1.807, 2.05) is 6.07 Å². The zero-order valence-corrected chi connectivity index (χ0v) is 18.6. The quantitative estimate of drug-likeness (QED) is 0.604. The van der Waals surface area contributed by atoms with Crippen molar-refractivity contribution in [3.63, 3.8) is 0 Å². The molecule has 0 bridgehead atoms. The lowest BCUT2D eigenvalue weighted by atomic mass is 9.92. The number of hydrogen-bond donors (Lipinski definition) is 2. The number of fused-ring (bicyclic) bond motifs is 1. The van der Waals surface area contributed by atoms with E-state index in [4.69, 9.17) is 15.5 Å². The molecular weight excluding hydrogens is 428 g/mol. The summed E-state index contributed by atoms with van der Waals surface area (Å²) in [6.07, 6.45) is 0.982. The van der Waals surface area contributed by atoms with E-state index in [0.29, 0.717) is 48.4 Å². The third kappa shape index (κ3) is 4.49. The summed E-state index contributed by atoms with van der Waals surface area (Å²) in [4.78, 5) is 15.8. The van der Waals surface area contributed by atoms with Gasteiger partial charge in [-0.1, -0.05) is 12.1 Å². The standard InChI is InChI=1S/C23H29F2N7O/c1-14-13-33-11-10-31(14)19-12-20(30-23(29-19)27-16-8-6-15(26)7-9-16)32-18-5-3-2-4-17(18)28-22(32)21(24)25/h2-5,12,14-16,21H,6-11,13,26H2,1H3,(H,27,29,30)/t14-,15-,16-/m0/s1. The summed E-state index contributed by atoms with van der Waals surface area (Å²) in [5.74, 6) is 1.16. The van der Waals surface area contributed by atoms with E-state index < -0.39 is 6.43 Å². The molecule has 33 heavy (non-hydrogen) atoms. The van der Waals surface area contributed by atoms with Gasteiger partial charge in [0.25, 0.3) is 6.43 Å². The second-order valence-corrected chi connectivity index (χ2v) is 8.88. The maximum absolute atomic E-state index is 14.0. The topological polar surface area (TPSA) is 94.1 Å². The van der Waals surface area contributed by atoms with E-state index in [-0.39, 0.29) is 23.9 Å². The number of nitrogens with zero attached hydrogens (tertiary/aromatic N) is 5. The van der Waals surface area contributed by atoms with Crippen molar-refractivity contribution in [3.05, 3.63) is 36.2 Å². The molecule has 0 amide bonds. The van der Waals surface area contributed by atoms with Crippen LogP contribution >= 0.6 is 0 Å². The fourth-order valence-corrected chi connectivity index (χ4v) is 4.69. The summed E-state index contributed by atoms with van der Waals surface area (Å²) in [7, 11) is 0. The highest BCUT2D eigenvalue weighted by atomic mass is 19.3. The van der Waals surface area contributed by atoms with Gasteiger partial charge in [0.05, 0.1) is 30.3 Å². The molecule has 8 nitrogen and oxygen atoms in total. The molecule has 2 aliphatic rings. The summed E-state index contributed by atoms with van der Waals surface area (Å²) in [5, 5.41) is 3.44. The SMILES string of the molecule is C[C@H]1COCCN1c1cc(-n2c(C(F)F)nc3ccccc32)nc(N[C@H]2CC[C@H](N)CC2)n1. The minimum atomic E-state index is -2.74. The van der Waals surface area contributed by atoms with E-state index >= 15 is 0 Å². The molecule has 0 unspecified atom stereocenters. The van der Waals surface area contributed by atoms with Gasteiger partial charge in [-0.25, -0.2) is 13.8 Å². The summed E-state index contributed by atoms with van der Waals surface area (Å²) in [5.41, 5.74) is 7.14. The first-order chi connectivity index (χ1) is 16.0. The number of benzene rings is 1. The normalized spacial score (nSPS) is 23.9. The van der Waals surface area contributed by atoms with Crippen LogP contribution in [0.15, 0.2) is 30.3 Å². The first-order valence-electron chi connectivity index (χ1n) is 11.5. The van der Waals surface area contributed by atoms with E-state index in [1.165, 1.54) is 4.57 Å². The van der Waals surface area contributed by atoms with Crippen molar-refractivity contribution in [2.24, 2.45) is 5.73 Å². The van der Waals surface area contributed by atoms with Crippen LogP contribution in [0.5, 0.6) is 0 Å². The molecule has 1 aromatic carbocycles. The third-order valence-electron chi connectivity index (χ3n) is 6.48. The lowest BCUT2D eigenvalue weighted by molar-refractivity contribution is 0.0985. The highest BCUT2D eigenvalue weighted by Crippen LogP contribution is 2.30. The fourth-order valence-electron chi connectivity index (χ4n) is 4.69.